The van der Waals surface area contributed by atoms with Crippen LogP contribution in [0.15, 0.2) is 83.1 Å². The largest absolute Gasteiger partial charge is 0.469 e. The lowest BCUT2D eigenvalue weighted by Gasteiger charge is -2.57. The number of esters is 1. The lowest BCUT2D eigenvalue weighted by molar-refractivity contribution is -0.159. The van der Waals surface area contributed by atoms with Crippen molar-refractivity contribution in [3.63, 3.8) is 0 Å². The Morgan fingerprint density at radius 2 is 1.80 bits per heavy atom. The Balaban J connectivity index is 1.41. The van der Waals surface area contributed by atoms with Gasteiger partial charge in [-0.15, -0.1) is 0 Å². The van der Waals surface area contributed by atoms with Crippen molar-refractivity contribution in [2.24, 2.45) is 11.3 Å². The molecule has 7 rings (SSSR count). The molecule has 0 atom stereocenters. The van der Waals surface area contributed by atoms with Crippen molar-refractivity contribution in [1.29, 1.82) is 0 Å². The fourth-order valence-electron chi connectivity index (χ4n) is 7.23. The normalized spacial score (nSPS) is 21.0. The third kappa shape index (κ3) is 4.47. The Morgan fingerprint density at radius 3 is 2.50 bits per heavy atom. The highest BCUT2D eigenvalue weighted by atomic mass is 32.2. The third-order valence-corrected chi connectivity index (χ3v) is 11.9. The van der Waals surface area contributed by atoms with E-state index in [2.05, 4.69) is 10.9 Å². The number of aryl methyl sites for hydroxylation is 1. The molecule has 0 N–H and O–H groups in total. The molecule has 1 spiro atoms. The topological polar surface area (TPSA) is 69.7 Å². The Hall–Kier alpha value is -4.26. The molecule has 2 aromatic heterocycles. The number of nitrogens with zero attached hydrogens (tertiary/aromatic N) is 2. The van der Waals surface area contributed by atoms with Gasteiger partial charge in [-0.2, -0.15) is 11.3 Å². The Labute approximate surface area is 259 Å². The number of aromatic nitrogens is 1. The molecule has 3 aromatic carbocycles. The zero-order chi connectivity index (χ0) is 30.8. The van der Waals surface area contributed by atoms with Crippen LogP contribution in [0.4, 0.5) is 9.39 Å². The molecule has 5 aromatic rings. The summed E-state index contributed by atoms with van der Waals surface area (Å²) in [4.78, 5) is 15.8. The third-order valence-electron chi connectivity index (χ3n) is 9.35. The van der Waals surface area contributed by atoms with Crippen LogP contribution in [0.1, 0.15) is 42.7 Å². The van der Waals surface area contributed by atoms with Gasteiger partial charge in [0.1, 0.15) is 5.82 Å². The lowest BCUT2D eigenvalue weighted by atomic mass is 9.47. The van der Waals surface area contributed by atoms with E-state index in [1.807, 2.05) is 25.1 Å². The maximum Gasteiger partial charge on any atom is 0.308 e. The smallest absolute Gasteiger partial charge is 0.308 e. The standard InChI is InChI=1S/C35H29FN2O4S2/c1-21-7-10-27(11-8-21)44(40,41)38-30-12-9-26(36)16-29(30)31(28-13-14-43-33(28)37-2)32(38)23-6-4-5-22(15-23)24-17-35(18-24)19-25(20-35)34(39)42-3/h4-16,24-25H,17-20H2,1,3H3. The number of hydrogen-bond donors (Lipinski definition) is 0. The van der Waals surface area contributed by atoms with Gasteiger partial charge in [0.2, 0.25) is 5.00 Å². The monoisotopic (exact) mass is 624 g/mol. The summed E-state index contributed by atoms with van der Waals surface area (Å²) in [5.41, 5.74) is 4.69. The number of carbonyl (C=O) groups excluding carboxylic acids is 1. The number of methoxy groups -OCH3 is 1. The maximum absolute atomic E-state index is 14.8. The van der Waals surface area contributed by atoms with Gasteiger partial charge in [0.05, 0.1) is 35.7 Å². The zero-order valence-corrected chi connectivity index (χ0v) is 25.8. The number of benzene rings is 3. The molecule has 9 heteroatoms. The van der Waals surface area contributed by atoms with Crippen molar-refractivity contribution in [2.45, 2.75) is 43.4 Å². The summed E-state index contributed by atoms with van der Waals surface area (Å²) in [5, 5.41) is 2.63. The lowest BCUT2D eigenvalue weighted by Crippen LogP contribution is -2.49. The predicted molar refractivity (Wildman–Crippen MR) is 170 cm³/mol. The van der Waals surface area contributed by atoms with Gasteiger partial charge >= 0.3 is 5.97 Å². The Bertz CT molecular complexity index is 2090. The molecule has 0 aliphatic heterocycles. The second-order valence-electron chi connectivity index (χ2n) is 12.1. The number of halogens is 1. The van der Waals surface area contributed by atoms with Crippen LogP contribution in [0.5, 0.6) is 0 Å². The van der Waals surface area contributed by atoms with Crippen molar-refractivity contribution in [1.82, 2.24) is 3.97 Å². The molecule has 44 heavy (non-hydrogen) atoms. The highest BCUT2D eigenvalue weighted by Crippen LogP contribution is 2.64. The molecule has 0 radical (unpaired) electrons. The average molecular weight is 625 g/mol. The minimum atomic E-state index is -4.14. The summed E-state index contributed by atoms with van der Waals surface area (Å²) in [6, 6.07) is 20.5. The minimum Gasteiger partial charge on any atom is -0.469 e. The van der Waals surface area contributed by atoms with Crippen LogP contribution in [0.25, 0.3) is 38.1 Å². The molecule has 0 saturated heterocycles. The van der Waals surface area contributed by atoms with Crippen LogP contribution < -0.4 is 0 Å². The summed E-state index contributed by atoms with van der Waals surface area (Å²) in [6.07, 6.45) is 3.59. The van der Waals surface area contributed by atoms with Crippen LogP contribution in [0.3, 0.4) is 0 Å². The van der Waals surface area contributed by atoms with Gasteiger partial charge in [-0.1, -0.05) is 42.0 Å². The Kier molecular flexibility index (Phi) is 6.76. The summed E-state index contributed by atoms with van der Waals surface area (Å²) in [7, 11) is -2.71. The molecule has 2 heterocycles. The van der Waals surface area contributed by atoms with E-state index in [0.717, 1.165) is 36.8 Å². The number of carbonyl (C=O) groups is 1. The zero-order valence-electron chi connectivity index (χ0n) is 24.2. The molecule has 222 valence electrons. The molecule has 0 unspecified atom stereocenters. The van der Waals surface area contributed by atoms with E-state index in [0.29, 0.717) is 38.3 Å². The number of rotatable bonds is 6. The summed E-state index contributed by atoms with van der Waals surface area (Å²) >= 11 is 1.27. The van der Waals surface area contributed by atoms with E-state index in [1.54, 1.807) is 35.7 Å². The molecule has 0 amide bonds. The van der Waals surface area contributed by atoms with E-state index in [9.17, 15) is 17.6 Å². The van der Waals surface area contributed by atoms with E-state index in [-0.39, 0.29) is 28.1 Å². The average Bonchev–Trinajstić information content (AvgIpc) is 3.58. The quantitative estimate of drug-likeness (QED) is 0.140. The van der Waals surface area contributed by atoms with E-state index in [1.165, 1.54) is 40.6 Å². The van der Waals surface area contributed by atoms with Crippen molar-refractivity contribution in [3.8, 4) is 22.4 Å². The summed E-state index contributed by atoms with van der Waals surface area (Å²) in [6.45, 7) is 9.70. The first-order valence-corrected chi connectivity index (χ1v) is 16.8. The van der Waals surface area contributed by atoms with Crippen LogP contribution in [-0.4, -0.2) is 25.5 Å². The van der Waals surface area contributed by atoms with Crippen molar-refractivity contribution in [2.75, 3.05) is 7.11 Å². The highest BCUT2D eigenvalue weighted by Gasteiger charge is 2.55. The van der Waals surface area contributed by atoms with Crippen LogP contribution >= 0.6 is 11.3 Å². The van der Waals surface area contributed by atoms with E-state index < -0.39 is 15.8 Å². The molecule has 2 saturated carbocycles. The molecule has 2 aliphatic carbocycles. The fourth-order valence-corrected chi connectivity index (χ4v) is 9.46. The molecule has 2 aliphatic rings. The first kappa shape index (κ1) is 28.5. The minimum absolute atomic E-state index is 0.0276. The molecule has 0 bridgehead atoms. The molecule has 6 nitrogen and oxygen atoms in total. The van der Waals surface area contributed by atoms with Gasteiger partial charge in [-0.3, -0.25) is 4.79 Å². The number of thiophene rings is 1. The number of hydrogen-bond acceptors (Lipinski definition) is 5. The van der Waals surface area contributed by atoms with Gasteiger partial charge in [0.15, 0.2) is 0 Å². The van der Waals surface area contributed by atoms with Gasteiger partial charge in [-0.05, 0) is 91.3 Å². The fraction of sp³-hybridized carbons (Fsp3) is 0.257. The highest BCUT2D eigenvalue weighted by molar-refractivity contribution is 7.90. The summed E-state index contributed by atoms with van der Waals surface area (Å²) < 4.78 is 50.0. The number of fused-ring (bicyclic) bond motifs is 1. The Morgan fingerprint density at radius 1 is 1.05 bits per heavy atom. The van der Waals surface area contributed by atoms with Crippen LogP contribution in [-0.2, 0) is 19.6 Å². The van der Waals surface area contributed by atoms with Crippen molar-refractivity contribution in [3.05, 3.63) is 107 Å². The van der Waals surface area contributed by atoms with Crippen LogP contribution in [0.2, 0.25) is 0 Å². The molecule has 2 fully saturated rings. The second kappa shape index (κ2) is 10.4. The van der Waals surface area contributed by atoms with E-state index >= 15 is 0 Å². The van der Waals surface area contributed by atoms with E-state index in [4.69, 9.17) is 11.3 Å². The van der Waals surface area contributed by atoms with Crippen LogP contribution in [0, 0.1) is 30.6 Å². The van der Waals surface area contributed by atoms with Gasteiger partial charge in [-0.25, -0.2) is 21.6 Å². The van der Waals surface area contributed by atoms with Gasteiger partial charge in [0, 0.05) is 22.1 Å². The number of ether oxygens (including phenoxy) is 1. The van der Waals surface area contributed by atoms with Crippen molar-refractivity contribution >= 4 is 43.2 Å². The molecular formula is C35H29FN2O4S2. The maximum atomic E-state index is 14.8. The SMILES string of the molecule is [C-]#[N+]c1sccc1-c1c(-c2cccc(C3CC4(CC(C(=O)OC)C4)C3)c2)n(S(=O)(=O)c2ccc(C)cc2)c2ccc(F)cc12. The predicted octanol–water partition coefficient (Wildman–Crippen LogP) is 8.72. The summed E-state index contributed by atoms with van der Waals surface area (Å²) in [5.74, 6) is -0.380. The van der Waals surface area contributed by atoms with Gasteiger partial charge in [0.25, 0.3) is 10.0 Å². The van der Waals surface area contributed by atoms with Gasteiger partial charge < -0.3 is 4.74 Å². The molecular weight excluding hydrogens is 596 g/mol. The first-order valence-electron chi connectivity index (χ1n) is 14.4. The first-order chi connectivity index (χ1) is 21.1. The second-order valence-corrected chi connectivity index (χ2v) is 14.8. The van der Waals surface area contributed by atoms with Crippen molar-refractivity contribution < 1.29 is 22.3 Å².